The fourth-order valence-electron chi connectivity index (χ4n) is 2.04. The molecular formula is C16H16O7. The van der Waals surface area contributed by atoms with Crippen molar-refractivity contribution in [2.45, 2.75) is 6.29 Å². The molecule has 7 heteroatoms. The summed E-state index contributed by atoms with van der Waals surface area (Å²) in [4.78, 5) is 12.1. The van der Waals surface area contributed by atoms with Crippen LogP contribution in [0.15, 0.2) is 36.4 Å². The van der Waals surface area contributed by atoms with Gasteiger partial charge in [0.25, 0.3) is 0 Å². The highest BCUT2D eigenvalue weighted by molar-refractivity contribution is 6.02. The van der Waals surface area contributed by atoms with Crippen LogP contribution in [0.1, 0.15) is 22.2 Å². The smallest absolute Gasteiger partial charge is 0.207 e. The zero-order valence-electron chi connectivity index (χ0n) is 12.3. The van der Waals surface area contributed by atoms with Crippen LogP contribution in [0.5, 0.6) is 23.0 Å². The lowest BCUT2D eigenvalue weighted by molar-refractivity contribution is -0.0782. The highest BCUT2D eigenvalue weighted by Crippen LogP contribution is 2.32. The van der Waals surface area contributed by atoms with Gasteiger partial charge < -0.3 is 29.9 Å². The van der Waals surface area contributed by atoms with Crippen LogP contribution in [0.25, 0.3) is 0 Å². The van der Waals surface area contributed by atoms with Gasteiger partial charge in [-0.05, 0) is 6.07 Å². The van der Waals surface area contributed by atoms with Gasteiger partial charge in [0, 0.05) is 24.8 Å². The van der Waals surface area contributed by atoms with Gasteiger partial charge in [-0.15, -0.1) is 0 Å². The first-order chi connectivity index (χ1) is 10.9. The van der Waals surface area contributed by atoms with Crippen LogP contribution in [0.3, 0.4) is 0 Å². The lowest BCUT2D eigenvalue weighted by atomic mass is 10.1. The normalized spacial score (nSPS) is 11.9. The Kier molecular flexibility index (Phi) is 5.05. The quantitative estimate of drug-likeness (QED) is 0.473. The van der Waals surface area contributed by atoms with Gasteiger partial charge in [-0.1, -0.05) is 18.2 Å². The van der Waals surface area contributed by atoms with Crippen LogP contribution in [0, 0.1) is 0 Å². The summed E-state index contributed by atoms with van der Waals surface area (Å²) < 4.78 is 10.1. The van der Waals surface area contributed by atoms with E-state index >= 15 is 0 Å². The minimum Gasteiger partial charge on any atom is -0.508 e. The fraction of sp³-hybridized carbons (Fsp3) is 0.188. The average molecular weight is 320 g/mol. The Hall–Kier alpha value is -2.77. The van der Waals surface area contributed by atoms with Crippen molar-refractivity contribution in [1.29, 1.82) is 0 Å². The number of carbonyl (C=O) groups excluding carboxylic acids is 1. The Labute approximate surface area is 132 Å². The SMILES string of the molecule is COC(O)c1ccccc1OCC(=O)c1c(O)cc(O)cc1O. The summed E-state index contributed by atoms with van der Waals surface area (Å²) in [5, 5.41) is 38.3. The first-order valence-corrected chi connectivity index (χ1v) is 6.64. The zero-order valence-corrected chi connectivity index (χ0v) is 12.3. The second-order valence-corrected chi connectivity index (χ2v) is 4.70. The number of aromatic hydroxyl groups is 3. The maximum atomic E-state index is 12.1. The maximum Gasteiger partial charge on any atom is 0.207 e. The molecule has 1 unspecified atom stereocenters. The number of para-hydroxylation sites is 1. The van der Waals surface area contributed by atoms with Crippen LogP contribution < -0.4 is 4.74 Å². The van der Waals surface area contributed by atoms with Crippen LogP contribution in [-0.2, 0) is 4.74 Å². The molecule has 0 spiro atoms. The number of hydrogen-bond donors (Lipinski definition) is 4. The number of ketones is 1. The number of aliphatic hydroxyl groups excluding tert-OH is 1. The first kappa shape index (κ1) is 16.6. The first-order valence-electron chi connectivity index (χ1n) is 6.64. The fourth-order valence-corrected chi connectivity index (χ4v) is 2.04. The molecule has 0 radical (unpaired) electrons. The van der Waals surface area contributed by atoms with Crippen molar-refractivity contribution in [3.8, 4) is 23.0 Å². The third-order valence-electron chi connectivity index (χ3n) is 3.13. The van der Waals surface area contributed by atoms with E-state index in [0.717, 1.165) is 12.1 Å². The van der Waals surface area contributed by atoms with Crippen molar-refractivity contribution >= 4 is 5.78 Å². The molecule has 2 rings (SSSR count). The molecule has 23 heavy (non-hydrogen) atoms. The molecule has 0 fully saturated rings. The van der Waals surface area contributed by atoms with E-state index in [4.69, 9.17) is 9.47 Å². The second-order valence-electron chi connectivity index (χ2n) is 4.70. The number of phenols is 3. The molecule has 0 aliphatic rings. The third kappa shape index (κ3) is 3.71. The number of methoxy groups -OCH3 is 1. The second kappa shape index (κ2) is 6.99. The van der Waals surface area contributed by atoms with E-state index in [2.05, 4.69) is 0 Å². The molecule has 0 saturated heterocycles. The average Bonchev–Trinajstić information content (AvgIpc) is 2.51. The minimum atomic E-state index is -1.21. The number of rotatable bonds is 6. The van der Waals surface area contributed by atoms with Gasteiger partial charge in [0.2, 0.25) is 5.78 Å². The Bertz CT molecular complexity index is 688. The van der Waals surface area contributed by atoms with Gasteiger partial charge in [0.1, 0.15) is 28.6 Å². The Balaban J connectivity index is 2.18. The van der Waals surface area contributed by atoms with E-state index in [1.165, 1.54) is 7.11 Å². The summed E-state index contributed by atoms with van der Waals surface area (Å²) in [5.41, 5.74) is -0.0190. The summed E-state index contributed by atoms with van der Waals surface area (Å²) in [6.45, 7) is -0.487. The molecule has 0 aliphatic carbocycles. The van der Waals surface area contributed by atoms with Gasteiger partial charge in [0.05, 0.1) is 0 Å². The molecule has 0 heterocycles. The summed E-state index contributed by atoms with van der Waals surface area (Å²) in [7, 11) is 1.32. The van der Waals surface area contributed by atoms with Crippen LogP contribution in [-0.4, -0.2) is 39.9 Å². The maximum absolute atomic E-state index is 12.1. The zero-order chi connectivity index (χ0) is 17.0. The van der Waals surface area contributed by atoms with Gasteiger partial charge in [0.15, 0.2) is 12.9 Å². The number of ether oxygens (including phenoxy) is 2. The lowest BCUT2D eigenvalue weighted by Gasteiger charge is -2.15. The van der Waals surface area contributed by atoms with Crippen molar-refractivity contribution in [3.05, 3.63) is 47.5 Å². The molecule has 0 aromatic heterocycles. The highest BCUT2D eigenvalue weighted by Gasteiger charge is 2.19. The number of aliphatic hydroxyl groups is 1. The van der Waals surface area contributed by atoms with E-state index in [1.54, 1.807) is 24.3 Å². The Morgan fingerprint density at radius 1 is 1.13 bits per heavy atom. The van der Waals surface area contributed by atoms with E-state index in [1.807, 2.05) is 0 Å². The van der Waals surface area contributed by atoms with Crippen molar-refractivity contribution in [2.75, 3.05) is 13.7 Å². The molecular weight excluding hydrogens is 304 g/mol. The third-order valence-corrected chi connectivity index (χ3v) is 3.13. The van der Waals surface area contributed by atoms with E-state index in [-0.39, 0.29) is 17.1 Å². The molecule has 0 amide bonds. The summed E-state index contributed by atoms with van der Waals surface area (Å²) in [6, 6.07) is 8.32. The molecule has 122 valence electrons. The monoisotopic (exact) mass is 320 g/mol. The predicted octanol–water partition coefficient (Wildman–Crippen LogP) is 1.70. The summed E-state index contributed by atoms with van der Waals surface area (Å²) in [5.74, 6) is -1.94. The minimum absolute atomic E-state index is 0.230. The molecule has 0 saturated carbocycles. The standard InChI is InChI=1S/C16H16O7/c1-22-16(21)10-4-2-3-5-14(10)23-8-13(20)15-11(18)6-9(17)7-12(15)19/h2-7,16-19,21H,8H2,1H3. The van der Waals surface area contributed by atoms with E-state index < -0.39 is 30.2 Å². The number of Topliss-reactive ketones (excluding diaryl/α,β-unsaturated/α-hetero) is 1. The molecule has 0 bridgehead atoms. The Morgan fingerprint density at radius 2 is 1.74 bits per heavy atom. The number of hydrogen-bond acceptors (Lipinski definition) is 7. The van der Waals surface area contributed by atoms with Crippen molar-refractivity contribution in [2.24, 2.45) is 0 Å². The molecule has 4 N–H and O–H groups in total. The summed E-state index contributed by atoms with van der Waals surface area (Å²) in [6.07, 6.45) is -1.21. The molecule has 1 atom stereocenters. The Morgan fingerprint density at radius 3 is 2.35 bits per heavy atom. The molecule has 7 nitrogen and oxygen atoms in total. The molecule has 0 aliphatic heterocycles. The van der Waals surface area contributed by atoms with Crippen LogP contribution >= 0.6 is 0 Å². The predicted molar refractivity (Wildman–Crippen MR) is 79.7 cm³/mol. The van der Waals surface area contributed by atoms with Crippen LogP contribution in [0.2, 0.25) is 0 Å². The number of phenolic OH excluding ortho intramolecular Hbond substituents is 3. The number of carbonyl (C=O) groups is 1. The topological polar surface area (TPSA) is 116 Å². The van der Waals surface area contributed by atoms with Crippen molar-refractivity contribution in [1.82, 2.24) is 0 Å². The van der Waals surface area contributed by atoms with Gasteiger partial charge in [-0.2, -0.15) is 0 Å². The van der Waals surface area contributed by atoms with Gasteiger partial charge in [-0.25, -0.2) is 0 Å². The lowest BCUT2D eigenvalue weighted by Crippen LogP contribution is -2.14. The van der Waals surface area contributed by atoms with Crippen molar-refractivity contribution < 1.29 is 34.7 Å². The summed E-state index contributed by atoms with van der Waals surface area (Å²) >= 11 is 0. The molecule has 2 aromatic carbocycles. The largest absolute Gasteiger partial charge is 0.508 e. The van der Waals surface area contributed by atoms with Crippen LogP contribution in [0.4, 0.5) is 0 Å². The highest BCUT2D eigenvalue weighted by atomic mass is 16.6. The van der Waals surface area contributed by atoms with Crippen molar-refractivity contribution in [3.63, 3.8) is 0 Å². The van der Waals surface area contributed by atoms with Gasteiger partial charge >= 0.3 is 0 Å². The van der Waals surface area contributed by atoms with E-state index in [9.17, 15) is 25.2 Å². The molecule has 2 aromatic rings. The number of benzene rings is 2. The van der Waals surface area contributed by atoms with E-state index in [0.29, 0.717) is 5.56 Å². The van der Waals surface area contributed by atoms with Gasteiger partial charge in [-0.3, -0.25) is 4.79 Å².